The molecule has 1 unspecified atom stereocenters. The summed E-state index contributed by atoms with van der Waals surface area (Å²) in [5.41, 5.74) is 0. The van der Waals surface area contributed by atoms with E-state index in [4.69, 9.17) is 16.7 Å². The zero-order chi connectivity index (χ0) is 18.4. The molecule has 0 bridgehead atoms. The summed E-state index contributed by atoms with van der Waals surface area (Å²) in [7, 11) is 0. The number of likely N-dealkylation sites (N-methyl/N-ethyl adjacent to an activating group) is 1. The van der Waals surface area contributed by atoms with Gasteiger partial charge in [0, 0.05) is 25.3 Å². The zero-order valence-corrected chi connectivity index (χ0v) is 15.4. The van der Waals surface area contributed by atoms with Crippen LogP contribution in [0.5, 0.6) is 0 Å². The number of rotatable bonds is 7. The summed E-state index contributed by atoms with van der Waals surface area (Å²) in [6.45, 7) is 6.17. The van der Waals surface area contributed by atoms with Crippen molar-refractivity contribution in [3.63, 3.8) is 0 Å². The lowest BCUT2D eigenvalue weighted by Crippen LogP contribution is -2.51. The second-order valence-corrected chi connectivity index (χ2v) is 6.69. The van der Waals surface area contributed by atoms with Crippen LogP contribution in [-0.2, 0) is 9.59 Å². The van der Waals surface area contributed by atoms with Gasteiger partial charge in [0.05, 0.1) is 17.6 Å². The average Bonchev–Trinajstić information content (AvgIpc) is 2.61. The van der Waals surface area contributed by atoms with Gasteiger partial charge >= 0.3 is 5.97 Å². The van der Waals surface area contributed by atoms with Crippen LogP contribution in [0.1, 0.15) is 26.7 Å². The third kappa shape index (κ3) is 5.66. The van der Waals surface area contributed by atoms with Gasteiger partial charge in [0.2, 0.25) is 5.91 Å². The molecule has 1 fully saturated rings. The van der Waals surface area contributed by atoms with E-state index in [9.17, 15) is 9.59 Å². The van der Waals surface area contributed by atoms with Gasteiger partial charge in [-0.15, -0.1) is 0 Å². The van der Waals surface area contributed by atoms with Crippen LogP contribution in [0.15, 0.2) is 18.3 Å². The van der Waals surface area contributed by atoms with Gasteiger partial charge in [-0.3, -0.25) is 19.4 Å². The molecule has 2 N–H and O–H groups in total. The molecule has 0 aliphatic carbocycles. The molecule has 1 aromatic heterocycles. The Hall–Kier alpha value is -1.70. The number of carboxylic acids is 1. The second-order valence-electron chi connectivity index (χ2n) is 6.25. The SMILES string of the molecule is CCN(CC(=O)O)C1CCN(C(C)C(=O)Nc2ccc(Cl)cn2)CC1. The molecule has 0 aromatic carbocycles. The van der Waals surface area contributed by atoms with Crippen LogP contribution in [0.3, 0.4) is 0 Å². The van der Waals surface area contributed by atoms with Crippen molar-refractivity contribution in [3.05, 3.63) is 23.4 Å². The minimum absolute atomic E-state index is 0.0689. The largest absolute Gasteiger partial charge is 0.480 e. The Balaban J connectivity index is 1.85. The number of amides is 1. The van der Waals surface area contributed by atoms with E-state index in [-0.39, 0.29) is 24.5 Å². The number of anilines is 1. The molecule has 1 saturated heterocycles. The lowest BCUT2D eigenvalue weighted by Gasteiger charge is -2.39. The van der Waals surface area contributed by atoms with Crippen molar-refractivity contribution in [2.45, 2.75) is 38.8 Å². The molecular weight excluding hydrogens is 344 g/mol. The Bertz CT molecular complexity index is 588. The Labute approximate surface area is 153 Å². The minimum atomic E-state index is -0.799. The molecule has 1 amide bonds. The van der Waals surface area contributed by atoms with E-state index in [2.05, 4.69) is 15.2 Å². The van der Waals surface area contributed by atoms with Crippen LogP contribution >= 0.6 is 11.6 Å². The van der Waals surface area contributed by atoms with Crippen molar-refractivity contribution in [3.8, 4) is 0 Å². The van der Waals surface area contributed by atoms with Crippen molar-refractivity contribution in [2.24, 2.45) is 0 Å². The fourth-order valence-corrected chi connectivity index (χ4v) is 3.27. The fraction of sp³-hybridized carbons (Fsp3) is 0.588. The highest BCUT2D eigenvalue weighted by Gasteiger charge is 2.29. The first-order chi connectivity index (χ1) is 11.9. The number of aromatic nitrogens is 1. The Morgan fingerprint density at radius 2 is 2.12 bits per heavy atom. The number of carbonyl (C=O) groups excluding carboxylic acids is 1. The molecule has 2 rings (SSSR count). The van der Waals surface area contributed by atoms with Gasteiger partial charge in [0.25, 0.3) is 0 Å². The molecule has 1 atom stereocenters. The van der Waals surface area contributed by atoms with Gasteiger partial charge in [-0.25, -0.2) is 4.98 Å². The zero-order valence-electron chi connectivity index (χ0n) is 14.6. The molecule has 1 aliphatic heterocycles. The number of piperidine rings is 1. The topological polar surface area (TPSA) is 85.8 Å². The van der Waals surface area contributed by atoms with Crippen molar-refractivity contribution in [2.75, 3.05) is 31.5 Å². The first-order valence-electron chi connectivity index (χ1n) is 8.53. The summed E-state index contributed by atoms with van der Waals surface area (Å²) in [6.07, 6.45) is 3.21. The van der Waals surface area contributed by atoms with Gasteiger partial charge in [-0.05, 0) is 38.4 Å². The number of nitrogens with zero attached hydrogens (tertiary/aromatic N) is 3. The number of likely N-dealkylation sites (tertiary alicyclic amines) is 1. The average molecular weight is 369 g/mol. The molecule has 2 heterocycles. The molecule has 138 valence electrons. The summed E-state index contributed by atoms with van der Waals surface area (Å²) >= 11 is 5.79. The fourth-order valence-electron chi connectivity index (χ4n) is 3.16. The van der Waals surface area contributed by atoms with Gasteiger partial charge in [0.15, 0.2) is 0 Å². The lowest BCUT2D eigenvalue weighted by molar-refractivity contribution is -0.139. The predicted octanol–water partition coefficient (Wildman–Crippen LogP) is 1.93. The van der Waals surface area contributed by atoms with Crippen molar-refractivity contribution >= 4 is 29.3 Å². The maximum absolute atomic E-state index is 12.4. The lowest BCUT2D eigenvalue weighted by atomic mass is 10.0. The summed E-state index contributed by atoms with van der Waals surface area (Å²) in [5.74, 6) is -0.423. The van der Waals surface area contributed by atoms with Crippen molar-refractivity contribution < 1.29 is 14.7 Å². The summed E-state index contributed by atoms with van der Waals surface area (Å²) < 4.78 is 0. The molecule has 1 aromatic rings. The van der Waals surface area contributed by atoms with Crippen LogP contribution < -0.4 is 5.32 Å². The number of hydrogen-bond donors (Lipinski definition) is 2. The maximum atomic E-state index is 12.4. The first kappa shape index (κ1) is 19.6. The standard InChI is InChI=1S/C17H25ClN4O3/c1-3-21(11-16(23)24)14-6-8-22(9-7-14)12(2)17(25)20-15-5-4-13(18)10-19-15/h4-5,10,12,14H,3,6-9,11H2,1-2H3,(H,23,24)(H,19,20,25). The number of hydrogen-bond acceptors (Lipinski definition) is 5. The number of carboxylic acid groups (broad SMARTS) is 1. The van der Waals surface area contributed by atoms with Crippen LogP contribution in [-0.4, -0.2) is 70.0 Å². The van der Waals surface area contributed by atoms with Gasteiger partial charge in [0.1, 0.15) is 5.82 Å². The highest BCUT2D eigenvalue weighted by molar-refractivity contribution is 6.30. The molecule has 0 radical (unpaired) electrons. The van der Waals surface area contributed by atoms with E-state index in [1.807, 2.05) is 18.7 Å². The monoisotopic (exact) mass is 368 g/mol. The number of pyridine rings is 1. The second kappa shape index (κ2) is 9.12. The van der Waals surface area contributed by atoms with Gasteiger partial charge in [-0.1, -0.05) is 18.5 Å². The van der Waals surface area contributed by atoms with Crippen LogP contribution in [0, 0.1) is 0 Å². The molecule has 8 heteroatoms. The molecular formula is C17H25ClN4O3. The van der Waals surface area contributed by atoms with Crippen LogP contribution in [0.25, 0.3) is 0 Å². The molecule has 1 aliphatic rings. The normalized spacial score (nSPS) is 17.4. The summed E-state index contributed by atoms with van der Waals surface area (Å²) in [4.78, 5) is 31.5. The Morgan fingerprint density at radius 3 is 2.64 bits per heavy atom. The Morgan fingerprint density at radius 1 is 1.44 bits per heavy atom. The maximum Gasteiger partial charge on any atom is 0.317 e. The molecule has 0 spiro atoms. The third-order valence-electron chi connectivity index (χ3n) is 4.67. The van der Waals surface area contributed by atoms with Crippen LogP contribution in [0.4, 0.5) is 5.82 Å². The van der Waals surface area contributed by atoms with Crippen molar-refractivity contribution in [1.82, 2.24) is 14.8 Å². The molecule has 7 nitrogen and oxygen atoms in total. The minimum Gasteiger partial charge on any atom is -0.480 e. The van der Waals surface area contributed by atoms with E-state index in [0.29, 0.717) is 10.8 Å². The number of carbonyl (C=O) groups is 2. The Kier molecular flexibility index (Phi) is 7.16. The van der Waals surface area contributed by atoms with E-state index < -0.39 is 5.97 Å². The number of nitrogens with one attached hydrogen (secondary N) is 1. The predicted molar refractivity (Wildman–Crippen MR) is 96.8 cm³/mol. The van der Waals surface area contributed by atoms with E-state index in [1.54, 1.807) is 12.1 Å². The summed E-state index contributed by atoms with van der Waals surface area (Å²) in [5, 5.41) is 12.3. The first-order valence-corrected chi connectivity index (χ1v) is 8.90. The highest BCUT2D eigenvalue weighted by Crippen LogP contribution is 2.19. The molecule has 25 heavy (non-hydrogen) atoms. The van der Waals surface area contributed by atoms with Crippen molar-refractivity contribution in [1.29, 1.82) is 0 Å². The number of aliphatic carboxylic acids is 1. The van der Waals surface area contributed by atoms with Crippen LogP contribution in [0.2, 0.25) is 5.02 Å². The van der Waals surface area contributed by atoms with E-state index in [1.165, 1.54) is 6.20 Å². The smallest absolute Gasteiger partial charge is 0.317 e. The van der Waals surface area contributed by atoms with E-state index >= 15 is 0 Å². The molecule has 0 saturated carbocycles. The van der Waals surface area contributed by atoms with Gasteiger partial charge in [-0.2, -0.15) is 0 Å². The third-order valence-corrected chi connectivity index (χ3v) is 4.89. The highest BCUT2D eigenvalue weighted by atomic mass is 35.5. The van der Waals surface area contributed by atoms with E-state index in [0.717, 1.165) is 32.5 Å². The van der Waals surface area contributed by atoms with Gasteiger partial charge < -0.3 is 10.4 Å². The number of halogens is 1. The summed E-state index contributed by atoms with van der Waals surface area (Å²) in [6, 6.07) is 3.34. The quantitative estimate of drug-likeness (QED) is 0.765.